The summed E-state index contributed by atoms with van der Waals surface area (Å²) in [5.41, 5.74) is 3.03. The van der Waals surface area contributed by atoms with Gasteiger partial charge in [0.1, 0.15) is 23.4 Å². The normalized spacial score (nSPS) is 18.8. The summed E-state index contributed by atoms with van der Waals surface area (Å²) in [4.78, 5) is 28.8. The average Bonchev–Trinajstić information content (AvgIpc) is 3.71. The van der Waals surface area contributed by atoms with Gasteiger partial charge >= 0.3 is 5.91 Å². The second-order valence-electron chi connectivity index (χ2n) is 11.5. The van der Waals surface area contributed by atoms with Gasteiger partial charge in [0.25, 0.3) is 5.78 Å². The molecule has 2 atom stereocenters. The third-order valence-electron chi connectivity index (χ3n) is 7.63. The molecule has 0 spiro atoms. The number of thioether (sulfide) groups is 1. The smallest absolute Gasteiger partial charge is 0.301 e. The Kier molecular flexibility index (Phi) is 9.16. The maximum Gasteiger partial charge on any atom is 0.301 e. The molecule has 1 aromatic heterocycles. The number of nitrogens with zero attached hydrogens (tertiary/aromatic N) is 3. The van der Waals surface area contributed by atoms with E-state index in [0.717, 1.165) is 23.3 Å². The van der Waals surface area contributed by atoms with E-state index in [2.05, 4.69) is 24.0 Å². The van der Waals surface area contributed by atoms with Gasteiger partial charge in [-0.25, -0.2) is 0 Å². The number of aromatic nitrogens is 2. The lowest BCUT2D eigenvalue weighted by Gasteiger charge is -2.23. The Morgan fingerprint density at radius 2 is 1.93 bits per heavy atom. The van der Waals surface area contributed by atoms with Gasteiger partial charge in [-0.1, -0.05) is 72.8 Å². The zero-order chi connectivity index (χ0) is 31.7. The number of hydrogen-bond donors (Lipinski definition) is 1. The number of aliphatic hydroxyl groups is 1. The summed E-state index contributed by atoms with van der Waals surface area (Å²) >= 11 is 8.71. The number of ether oxygens (including phenoxy) is 2. The van der Waals surface area contributed by atoms with Crippen LogP contribution in [-0.4, -0.2) is 39.7 Å². The number of benzene rings is 3. The number of hydrogen-bond acceptors (Lipinski definition) is 9. The third kappa shape index (κ3) is 6.73. The van der Waals surface area contributed by atoms with Crippen molar-refractivity contribution < 1.29 is 24.2 Å². The number of carbonyl (C=O) groups excluding carboxylic acids is 2. The molecule has 0 bridgehead atoms. The Labute approximate surface area is 275 Å². The molecule has 232 valence electrons. The minimum Gasteiger partial charge on any atom is -0.507 e. The van der Waals surface area contributed by atoms with Crippen molar-refractivity contribution in [3.63, 3.8) is 0 Å². The van der Waals surface area contributed by atoms with E-state index in [9.17, 15) is 14.7 Å². The quantitative estimate of drug-likeness (QED) is 0.0603. The first-order valence-electron chi connectivity index (χ1n) is 14.7. The highest BCUT2D eigenvalue weighted by Gasteiger charge is 2.48. The summed E-state index contributed by atoms with van der Waals surface area (Å²) in [5.74, 6) is 0.639. The predicted octanol–water partition coefficient (Wildman–Crippen LogP) is 7.86. The summed E-state index contributed by atoms with van der Waals surface area (Å²) in [6.07, 6.45) is 1.58. The predicted molar refractivity (Wildman–Crippen MR) is 177 cm³/mol. The molecule has 0 aliphatic carbocycles. The molecule has 1 amide bonds. The monoisotopic (exact) mass is 661 g/mol. The fraction of sp³-hybridized carbons (Fsp3) is 0.294. The van der Waals surface area contributed by atoms with E-state index < -0.39 is 17.7 Å². The number of ketones is 1. The number of halogens is 1. The van der Waals surface area contributed by atoms with Gasteiger partial charge in [0.05, 0.1) is 18.2 Å². The van der Waals surface area contributed by atoms with Crippen LogP contribution >= 0.6 is 34.7 Å². The second kappa shape index (κ2) is 13.2. The van der Waals surface area contributed by atoms with Crippen molar-refractivity contribution in [2.75, 3.05) is 11.5 Å². The van der Waals surface area contributed by atoms with E-state index in [0.29, 0.717) is 50.9 Å². The van der Waals surface area contributed by atoms with Gasteiger partial charge in [0, 0.05) is 22.8 Å². The lowest BCUT2D eigenvalue weighted by Crippen LogP contribution is -2.29. The van der Waals surface area contributed by atoms with Crippen molar-refractivity contribution in [1.82, 2.24) is 10.2 Å². The lowest BCUT2D eigenvalue weighted by atomic mass is 9.94. The Morgan fingerprint density at radius 3 is 2.71 bits per heavy atom. The van der Waals surface area contributed by atoms with Crippen LogP contribution in [0.3, 0.4) is 0 Å². The summed E-state index contributed by atoms with van der Waals surface area (Å²) in [5, 5.41) is 21.2. The molecule has 2 aliphatic rings. The van der Waals surface area contributed by atoms with Gasteiger partial charge in [0.15, 0.2) is 4.34 Å². The van der Waals surface area contributed by atoms with Crippen LogP contribution in [0.5, 0.6) is 11.5 Å². The first kappa shape index (κ1) is 31.1. The maximum atomic E-state index is 13.7. The number of amides is 1. The van der Waals surface area contributed by atoms with Gasteiger partial charge in [-0.2, -0.15) is 0 Å². The molecular weight excluding hydrogens is 630 g/mol. The zero-order valence-corrected chi connectivity index (χ0v) is 27.4. The van der Waals surface area contributed by atoms with Gasteiger partial charge < -0.3 is 14.6 Å². The van der Waals surface area contributed by atoms with E-state index in [4.69, 9.17) is 21.1 Å². The molecule has 0 radical (unpaired) electrons. The Morgan fingerprint density at radius 1 is 1.13 bits per heavy atom. The number of fused-ring (bicyclic) bond motifs is 1. The van der Waals surface area contributed by atoms with Crippen LogP contribution in [0.1, 0.15) is 55.5 Å². The number of carbonyl (C=O) groups is 2. The molecule has 0 saturated carbocycles. The summed E-state index contributed by atoms with van der Waals surface area (Å²) in [6, 6.07) is 19.2. The molecule has 45 heavy (non-hydrogen) atoms. The minimum atomic E-state index is -0.941. The molecule has 1 N–H and O–H groups in total. The largest absolute Gasteiger partial charge is 0.507 e. The summed E-state index contributed by atoms with van der Waals surface area (Å²) < 4.78 is 12.5. The number of aliphatic hydroxyl groups excluding tert-OH is 1. The molecular formula is C34H32ClN3O5S2. The molecule has 1 fully saturated rings. The van der Waals surface area contributed by atoms with E-state index in [1.165, 1.54) is 28.0 Å². The van der Waals surface area contributed by atoms with Crippen molar-refractivity contribution in [3.05, 3.63) is 99.6 Å². The topological polar surface area (TPSA) is 102 Å². The first-order chi connectivity index (χ1) is 21.7. The second-order valence-corrected chi connectivity index (χ2v) is 14.1. The minimum absolute atomic E-state index is 0.0168. The molecule has 8 nitrogen and oxygen atoms in total. The van der Waals surface area contributed by atoms with E-state index in [1.807, 2.05) is 61.5 Å². The summed E-state index contributed by atoms with van der Waals surface area (Å²) in [7, 11) is 0. The van der Waals surface area contributed by atoms with Crippen LogP contribution < -0.4 is 14.4 Å². The Bertz CT molecular complexity index is 1770. The van der Waals surface area contributed by atoms with E-state index in [-0.39, 0.29) is 22.6 Å². The Hall–Kier alpha value is -3.86. The number of anilines is 1. The Balaban J connectivity index is 1.37. The molecule has 2 aliphatic heterocycles. The fourth-order valence-electron chi connectivity index (χ4n) is 5.34. The molecule has 3 aromatic carbocycles. The highest BCUT2D eigenvalue weighted by atomic mass is 35.5. The van der Waals surface area contributed by atoms with Crippen molar-refractivity contribution in [2.24, 2.45) is 5.92 Å². The fourth-order valence-corrected chi connectivity index (χ4v) is 7.29. The van der Waals surface area contributed by atoms with Crippen LogP contribution in [0.2, 0.25) is 5.02 Å². The van der Waals surface area contributed by atoms with Crippen LogP contribution in [0.15, 0.2) is 76.6 Å². The molecule has 1 saturated heterocycles. The van der Waals surface area contributed by atoms with Crippen LogP contribution in [-0.2, 0) is 21.8 Å². The van der Waals surface area contributed by atoms with Gasteiger partial charge in [-0.15, -0.1) is 10.2 Å². The van der Waals surface area contributed by atoms with Crippen molar-refractivity contribution in [3.8, 4) is 11.5 Å². The molecule has 3 heterocycles. The highest BCUT2D eigenvalue weighted by Crippen LogP contribution is 2.45. The SMILES string of the molecule is CC(C)CCOc1cccc(C2C(=C(O)c3ccc4c(c3)CC(C)O4)C(=O)C(=O)N2c2nnc(SCc3ccc(Cl)cc3)s2)c1. The lowest BCUT2D eigenvalue weighted by molar-refractivity contribution is -0.132. The molecule has 2 unspecified atom stereocenters. The molecule has 6 rings (SSSR count). The van der Waals surface area contributed by atoms with E-state index in [1.54, 1.807) is 12.1 Å². The van der Waals surface area contributed by atoms with E-state index >= 15 is 0 Å². The third-order valence-corrected chi connectivity index (χ3v) is 10.0. The van der Waals surface area contributed by atoms with Crippen LogP contribution in [0, 0.1) is 5.92 Å². The van der Waals surface area contributed by atoms with Crippen molar-refractivity contribution in [2.45, 2.75) is 55.9 Å². The molecule has 11 heteroatoms. The average molecular weight is 662 g/mol. The first-order valence-corrected chi connectivity index (χ1v) is 16.9. The van der Waals surface area contributed by atoms with Crippen LogP contribution in [0.25, 0.3) is 5.76 Å². The van der Waals surface area contributed by atoms with Gasteiger partial charge in [-0.05, 0) is 78.4 Å². The number of rotatable bonds is 10. The highest BCUT2D eigenvalue weighted by molar-refractivity contribution is 8.00. The van der Waals surface area contributed by atoms with Gasteiger partial charge in [0.2, 0.25) is 5.13 Å². The maximum absolute atomic E-state index is 13.7. The van der Waals surface area contributed by atoms with Crippen molar-refractivity contribution >= 4 is 57.3 Å². The van der Waals surface area contributed by atoms with Gasteiger partial charge in [-0.3, -0.25) is 14.5 Å². The van der Waals surface area contributed by atoms with Crippen molar-refractivity contribution in [1.29, 1.82) is 0 Å². The zero-order valence-electron chi connectivity index (χ0n) is 25.0. The van der Waals surface area contributed by atoms with Crippen LogP contribution in [0.4, 0.5) is 5.13 Å². The number of Topliss-reactive ketones (excluding diaryl/α,β-unsaturated/α-hetero) is 1. The molecule has 4 aromatic rings. The standard InChI is InChI=1S/C34H32ClN3O5S2/c1-19(2)13-14-42-26-6-4-5-22(17-26)29-28(30(39)23-9-12-27-24(16-23)15-20(3)43-27)31(40)32(41)38(29)33-36-37-34(45-33)44-18-21-7-10-25(35)11-8-21/h4-12,16-17,19-20,29,39H,13-15,18H2,1-3H3. The summed E-state index contributed by atoms with van der Waals surface area (Å²) in [6.45, 7) is 6.76.